The Morgan fingerprint density at radius 1 is 1.07 bits per heavy atom. The summed E-state index contributed by atoms with van der Waals surface area (Å²) in [5.41, 5.74) is 2.18. The maximum Gasteiger partial charge on any atom is 0.338 e. The number of amides is 2. The van der Waals surface area contributed by atoms with Crippen molar-refractivity contribution in [2.45, 2.75) is 19.9 Å². The van der Waals surface area contributed by atoms with Crippen LogP contribution >= 0.6 is 0 Å². The first-order valence-corrected chi connectivity index (χ1v) is 9.61. The average molecular weight is 382 g/mol. The van der Waals surface area contributed by atoms with Gasteiger partial charge in [0.05, 0.1) is 17.9 Å². The summed E-state index contributed by atoms with van der Waals surface area (Å²) < 4.78 is 5.10. The summed E-state index contributed by atoms with van der Waals surface area (Å²) in [5.74, 6) is -0.344. The van der Waals surface area contributed by atoms with Crippen molar-refractivity contribution in [1.29, 1.82) is 0 Å². The van der Waals surface area contributed by atoms with Crippen molar-refractivity contribution in [2.75, 3.05) is 38.1 Å². The molecule has 0 atom stereocenters. The number of carbonyl (C=O) groups excluding carboxylic acids is 2. The number of piperazine rings is 1. The predicted molar refractivity (Wildman–Crippen MR) is 107 cm³/mol. The molecule has 0 saturated carbocycles. The monoisotopic (exact) mass is 382 g/mol. The first-order chi connectivity index (χ1) is 13.7. The van der Waals surface area contributed by atoms with E-state index < -0.39 is 0 Å². The number of esters is 1. The molecule has 1 aromatic carbocycles. The lowest BCUT2D eigenvalue weighted by atomic mass is 10.2. The molecule has 0 unspecified atom stereocenters. The minimum Gasteiger partial charge on any atom is -0.462 e. The Labute approximate surface area is 165 Å². The lowest BCUT2D eigenvalue weighted by Crippen LogP contribution is -2.49. The minimum atomic E-state index is -0.344. The van der Waals surface area contributed by atoms with Gasteiger partial charge >= 0.3 is 12.0 Å². The van der Waals surface area contributed by atoms with E-state index in [0.29, 0.717) is 30.9 Å². The Kier molecular flexibility index (Phi) is 6.97. The molecule has 148 valence electrons. The number of rotatable bonds is 6. The van der Waals surface area contributed by atoms with Crippen LogP contribution in [0.15, 0.2) is 48.7 Å². The van der Waals surface area contributed by atoms with Gasteiger partial charge in [-0.25, -0.2) is 9.59 Å². The molecule has 28 heavy (non-hydrogen) atoms. The number of carbonyl (C=O) groups is 2. The maximum atomic E-state index is 12.5. The number of anilines is 1. The van der Waals surface area contributed by atoms with Crippen LogP contribution in [0.1, 0.15) is 29.4 Å². The van der Waals surface area contributed by atoms with Crippen molar-refractivity contribution in [1.82, 2.24) is 14.8 Å². The Balaban J connectivity index is 1.46. The summed E-state index contributed by atoms with van der Waals surface area (Å²) in [7, 11) is 0. The number of aromatic nitrogens is 1. The van der Waals surface area contributed by atoms with Crippen LogP contribution in [0.25, 0.3) is 0 Å². The van der Waals surface area contributed by atoms with Gasteiger partial charge in [-0.1, -0.05) is 13.0 Å². The van der Waals surface area contributed by atoms with Crippen LogP contribution in [0.5, 0.6) is 0 Å². The van der Waals surface area contributed by atoms with Gasteiger partial charge in [-0.15, -0.1) is 0 Å². The number of benzene rings is 1. The fourth-order valence-electron chi connectivity index (χ4n) is 3.00. The van der Waals surface area contributed by atoms with Gasteiger partial charge in [0.25, 0.3) is 0 Å². The summed E-state index contributed by atoms with van der Waals surface area (Å²) in [4.78, 5) is 32.8. The topological polar surface area (TPSA) is 74.8 Å². The standard InChI is InChI=1S/C21H26N4O3/c1-2-15-28-20(26)17-6-8-18(9-7-17)23-21(27)25-13-11-24(12-14-25)16-19-5-3-4-10-22-19/h3-10H,2,11-16H2,1H3,(H,23,27). The molecule has 0 bridgehead atoms. The molecule has 7 nitrogen and oxygen atoms in total. The smallest absolute Gasteiger partial charge is 0.338 e. The van der Waals surface area contributed by atoms with Gasteiger partial charge in [0.1, 0.15) is 0 Å². The van der Waals surface area contributed by atoms with Crippen molar-refractivity contribution < 1.29 is 14.3 Å². The number of nitrogens with zero attached hydrogens (tertiary/aromatic N) is 3. The third-order valence-corrected chi connectivity index (χ3v) is 4.58. The van der Waals surface area contributed by atoms with Gasteiger partial charge < -0.3 is 15.0 Å². The zero-order valence-corrected chi connectivity index (χ0v) is 16.1. The SMILES string of the molecule is CCCOC(=O)c1ccc(NC(=O)N2CCN(Cc3ccccn3)CC2)cc1. The average Bonchev–Trinajstić information content (AvgIpc) is 2.74. The van der Waals surface area contributed by atoms with E-state index in [0.717, 1.165) is 31.7 Å². The second-order valence-corrected chi connectivity index (χ2v) is 6.73. The molecule has 7 heteroatoms. The van der Waals surface area contributed by atoms with Crippen LogP contribution in [-0.2, 0) is 11.3 Å². The quantitative estimate of drug-likeness (QED) is 0.778. The predicted octanol–water partition coefficient (Wildman–Crippen LogP) is 3.00. The molecule has 0 aliphatic carbocycles. The van der Waals surface area contributed by atoms with E-state index in [1.807, 2.05) is 25.1 Å². The van der Waals surface area contributed by atoms with Crippen molar-refractivity contribution in [3.05, 3.63) is 59.9 Å². The summed E-state index contributed by atoms with van der Waals surface area (Å²) >= 11 is 0. The third kappa shape index (κ3) is 5.53. The van der Waals surface area contributed by atoms with Crippen LogP contribution in [-0.4, -0.2) is 59.6 Å². The van der Waals surface area contributed by atoms with Gasteiger partial charge in [0, 0.05) is 44.6 Å². The highest BCUT2D eigenvalue weighted by molar-refractivity contribution is 5.92. The highest BCUT2D eigenvalue weighted by Crippen LogP contribution is 2.13. The van der Waals surface area contributed by atoms with E-state index in [1.165, 1.54) is 0 Å². The molecular weight excluding hydrogens is 356 g/mol. The first-order valence-electron chi connectivity index (χ1n) is 9.61. The minimum absolute atomic E-state index is 0.126. The number of nitrogens with one attached hydrogen (secondary N) is 1. The molecule has 0 spiro atoms. The van der Waals surface area contributed by atoms with Gasteiger partial charge in [0.2, 0.25) is 0 Å². The van der Waals surface area contributed by atoms with E-state index >= 15 is 0 Å². The fourth-order valence-corrected chi connectivity index (χ4v) is 3.00. The molecule has 2 amide bonds. The molecule has 3 rings (SSSR count). The van der Waals surface area contributed by atoms with Crippen molar-refractivity contribution >= 4 is 17.7 Å². The van der Waals surface area contributed by atoms with Gasteiger partial charge in [-0.2, -0.15) is 0 Å². The van der Waals surface area contributed by atoms with Crippen molar-refractivity contribution in [2.24, 2.45) is 0 Å². The third-order valence-electron chi connectivity index (χ3n) is 4.58. The lowest BCUT2D eigenvalue weighted by molar-refractivity contribution is 0.0505. The number of hydrogen-bond acceptors (Lipinski definition) is 5. The Morgan fingerprint density at radius 3 is 2.46 bits per heavy atom. The molecule has 2 aromatic rings. The van der Waals surface area contributed by atoms with Crippen LogP contribution in [0.2, 0.25) is 0 Å². The Morgan fingerprint density at radius 2 is 1.82 bits per heavy atom. The van der Waals surface area contributed by atoms with Gasteiger partial charge in [0.15, 0.2) is 0 Å². The van der Waals surface area contributed by atoms with Crippen LogP contribution in [0.3, 0.4) is 0 Å². The number of hydrogen-bond donors (Lipinski definition) is 1. The summed E-state index contributed by atoms with van der Waals surface area (Å²) in [6.45, 7) is 6.11. The summed E-state index contributed by atoms with van der Waals surface area (Å²) in [5, 5.41) is 2.89. The molecule has 1 saturated heterocycles. The molecule has 1 fully saturated rings. The fraction of sp³-hybridized carbons (Fsp3) is 0.381. The number of ether oxygens (including phenoxy) is 1. The molecular formula is C21H26N4O3. The number of urea groups is 1. The van der Waals surface area contributed by atoms with Crippen molar-refractivity contribution in [3.63, 3.8) is 0 Å². The van der Waals surface area contributed by atoms with E-state index in [9.17, 15) is 9.59 Å². The van der Waals surface area contributed by atoms with Crippen LogP contribution in [0.4, 0.5) is 10.5 Å². The highest BCUT2D eigenvalue weighted by Gasteiger charge is 2.21. The molecule has 2 heterocycles. The van der Waals surface area contributed by atoms with Crippen molar-refractivity contribution in [3.8, 4) is 0 Å². The molecule has 0 radical (unpaired) electrons. The van der Waals surface area contributed by atoms with Crippen LogP contribution < -0.4 is 5.32 Å². The van der Waals surface area contributed by atoms with E-state index in [2.05, 4.69) is 15.2 Å². The van der Waals surface area contributed by atoms with Gasteiger partial charge in [-0.3, -0.25) is 9.88 Å². The normalized spacial score (nSPS) is 14.5. The lowest BCUT2D eigenvalue weighted by Gasteiger charge is -2.34. The second kappa shape index (κ2) is 9.85. The summed E-state index contributed by atoms with van der Waals surface area (Å²) in [6.07, 6.45) is 2.59. The zero-order chi connectivity index (χ0) is 19.8. The maximum absolute atomic E-state index is 12.5. The Bertz CT molecular complexity index is 772. The number of pyridine rings is 1. The molecule has 1 N–H and O–H groups in total. The molecule has 1 aliphatic rings. The Hall–Kier alpha value is -2.93. The largest absolute Gasteiger partial charge is 0.462 e. The van der Waals surface area contributed by atoms with Crippen LogP contribution in [0, 0.1) is 0 Å². The van der Waals surface area contributed by atoms with E-state index in [-0.39, 0.29) is 12.0 Å². The van der Waals surface area contributed by atoms with Gasteiger partial charge in [-0.05, 0) is 42.8 Å². The zero-order valence-electron chi connectivity index (χ0n) is 16.1. The summed E-state index contributed by atoms with van der Waals surface area (Å²) in [6, 6.07) is 12.6. The highest BCUT2D eigenvalue weighted by atomic mass is 16.5. The van der Waals surface area contributed by atoms with E-state index in [1.54, 1.807) is 35.4 Å². The molecule has 1 aliphatic heterocycles. The van der Waals surface area contributed by atoms with E-state index in [4.69, 9.17) is 4.74 Å². The molecule has 1 aromatic heterocycles. The second-order valence-electron chi connectivity index (χ2n) is 6.73. The first kappa shape index (κ1) is 19.8.